The smallest absolute Gasteiger partial charge is 0.300 e. The van der Waals surface area contributed by atoms with Crippen molar-refractivity contribution in [3.05, 3.63) is 48.5 Å². The zero-order valence-electron chi connectivity index (χ0n) is 9.05. The Balaban J connectivity index is 1.98. The minimum Gasteiger partial charge on any atom is -0.423 e. The molecule has 0 atom stereocenters. The summed E-state index contributed by atoms with van der Waals surface area (Å²) in [5, 5.41) is 0. The van der Waals surface area contributed by atoms with Gasteiger partial charge in [0.2, 0.25) is 0 Å². The summed E-state index contributed by atoms with van der Waals surface area (Å²) in [4.78, 5) is 7.40. The Morgan fingerprint density at radius 1 is 1.00 bits per heavy atom. The highest BCUT2D eigenvalue weighted by molar-refractivity contribution is 5.75. The second-order valence-corrected chi connectivity index (χ2v) is 3.70. The van der Waals surface area contributed by atoms with E-state index in [1.165, 1.54) is 0 Å². The lowest BCUT2D eigenvalue weighted by atomic mass is 10.3. The maximum absolute atomic E-state index is 5.80. The van der Waals surface area contributed by atoms with Gasteiger partial charge in [0.15, 0.2) is 5.75 Å². The van der Waals surface area contributed by atoms with Crippen LogP contribution in [0.4, 0.5) is 5.69 Å². The molecule has 17 heavy (non-hydrogen) atoms. The van der Waals surface area contributed by atoms with E-state index in [1.807, 2.05) is 42.5 Å². The first-order valence-electron chi connectivity index (χ1n) is 5.30. The lowest BCUT2D eigenvalue weighted by Crippen LogP contribution is -1.92. The van der Waals surface area contributed by atoms with Gasteiger partial charge >= 0.3 is 0 Å². The monoisotopic (exact) mass is 225 g/mol. The first-order valence-corrected chi connectivity index (χ1v) is 5.30. The van der Waals surface area contributed by atoms with Crippen LogP contribution in [0.25, 0.3) is 11.0 Å². The van der Waals surface area contributed by atoms with Crippen molar-refractivity contribution in [1.29, 1.82) is 0 Å². The molecule has 0 unspecified atom stereocenters. The van der Waals surface area contributed by atoms with E-state index in [0.717, 1.165) is 11.0 Å². The van der Waals surface area contributed by atoms with Gasteiger partial charge in [-0.1, -0.05) is 24.3 Å². The van der Waals surface area contributed by atoms with E-state index in [0.29, 0.717) is 17.4 Å². The topological polar surface area (TPSA) is 63.9 Å². The van der Waals surface area contributed by atoms with Gasteiger partial charge < -0.3 is 15.5 Å². The second kappa shape index (κ2) is 3.83. The molecule has 1 heterocycles. The molecule has 1 aromatic heterocycles. The summed E-state index contributed by atoms with van der Waals surface area (Å²) in [5.41, 5.74) is 8.20. The van der Waals surface area contributed by atoms with Crippen molar-refractivity contribution in [3.63, 3.8) is 0 Å². The van der Waals surface area contributed by atoms with Crippen LogP contribution < -0.4 is 10.5 Å². The number of nitrogen functional groups attached to an aromatic ring is 1. The van der Waals surface area contributed by atoms with Crippen molar-refractivity contribution in [3.8, 4) is 11.8 Å². The van der Waals surface area contributed by atoms with Crippen LogP contribution in [0, 0.1) is 0 Å². The maximum Gasteiger partial charge on any atom is 0.300 e. The third-order valence-corrected chi connectivity index (χ3v) is 2.49. The number of imidazole rings is 1. The van der Waals surface area contributed by atoms with Crippen molar-refractivity contribution >= 4 is 16.7 Å². The highest BCUT2D eigenvalue weighted by Crippen LogP contribution is 2.26. The van der Waals surface area contributed by atoms with Crippen molar-refractivity contribution < 1.29 is 4.74 Å². The molecule has 0 spiro atoms. The molecule has 0 aliphatic rings. The van der Waals surface area contributed by atoms with Crippen LogP contribution in [0.15, 0.2) is 48.5 Å². The number of fused-ring (bicyclic) bond motifs is 1. The largest absolute Gasteiger partial charge is 0.423 e. The van der Waals surface area contributed by atoms with Crippen molar-refractivity contribution in [1.82, 2.24) is 9.97 Å². The maximum atomic E-state index is 5.80. The van der Waals surface area contributed by atoms with E-state index in [9.17, 15) is 0 Å². The molecule has 3 aromatic rings. The summed E-state index contributed by atoms with van der Waals surface area (Å²) < 4.78 is 5.60. The lowest BCUT2D eigenvalue weighted by Gasteiger charge is -2.03. The fourth-order valence-electron chi connectivity index (χ4n) is 1.66. The second-order valence-electron chi connectivity index (χ2n) is 3.70. The summed E-state index contributed by atoms with van der Waals surface area (Å²) in [5.74, 6) is 0.603. The predicted molar refractivity (Wildman–Crippen MR) is 67.0 cm³/mol. The van der Waals surface area contributed by atoms with Crippen molar-refractivity contribution in [2.24, 2.45) is 0 Å². The number of hydrogen-bond acceptors (Lipinski definition) is 3. The number of nitrogens with one attached hydrogen (secondary N) is 1. The van der Waals surface area contributed by atoms with Crippen LogP contribution in [0.3, 0.4) is 0 Å². The molecule has 2 aromatic carbocycles. The van der Waals surface area contributed by atoms with Gasteiger partial charge in [-0.15, -0.1) is 0 Å². The molecule has 0 aliphatic carbocycles. The standard InChI is InChI=1S/C13H11N3O/c14-9-5-1-4-8-12(9)17-13-15-10-6-2-3-7-11(10)16-13/h1-8H,14H2,(H,15,16). The number of ether oxygens (including phenoxy) is 1. The number of H-pyrrole nitrogens is 1. The van der Waals surface area contributed by atoms with Crippen molar-refractivity contribution in [2.75, 3.05) is 5.73 Å². The Bertz CT molecular complexity index is 627. The third kappa shape index (κ3) is 1.80. The average Bonchev–Trinajstić information content (AvgIpc) is 2.74. The summed E-state index contributed by atoms with van der Waals surface area (Å²) in [6.45, 7) is 0. The number of anilines is 1. The van der Waals surface area contributed by atoms with Crippen LogP contribution in [0.1, 0.15) is 0 Å². The highest BCUT2D eigenvalue weighted by atomic mass is 16.5. The Kier molecular flexibility index (Phi) is 2.19. The molecule has 0 aliphatic heterocycles. The number of nitrogens with zero attached hydrogens (tertiary/aromatic N) is 1. The average molecular weight is 225 g/mol. The molecule has 0 bridgehead atoms. The number of aromatic amines is 1. The normalized spacial score (nSPS) is 10.6. The van der Waals surface area contributed by atoms with E-state index in [-0.39, 0.29) is 0 Å². The molecule has 0 radical (unpaired) electrons. The van der Waals surface area contributed by atoms with Gasteiger partial charge in [0.05, 0.1) is 16.7 Å². The minimum atomic E-state index is 0.448. The molecule has 84 valence electrons. The number of benzene rings is 2. The number of aromatic nitrogens is 2. The quantitative estimate of drug-likeness (QED) is 0.659. The van der Waals surface area contributed by atoms with Crippen LogP contribution in [0.2, 0.25) is 0 Å². The fourth-order valence-corrected chi connectivity index (χ4v) is 1.66. The number of hydrogen-bond donors (Lipinski definition) is 2. The molecule has 0 fully saturated rings. The van der Waals surface area contributed by atoms with Gasteiger partial charge in [0.1, 0.15) is 0 Å². The zero-order chi connectivity index (χ0) is 11.7. The molecular weight excluding hydrogens is 214 g/mol. The Morgan fingerprint density at radius 2 is 1.76 bits per heavy atom. The lowest BCUT2D eigenvalue weighted by molar-refractivity contribution is 0.451. The van der Waals surface area contributed by atoms with E-state index >= 15 is 0 Å². The number of rotatable bonds is 2. The van der Waals surface area contributed by atoms with E-state index < -0.39 is 0 Å². The van der Waals surface area contributed by atoms with Gasteiger partial charge in [-0.3, -0.25) is 0 Å². The molecule has 4 nitrogen and oxygen atoms in total. The molecule has 0 saturated carbocycles. The minimum absolute atomic E-state index is 0.448. The summed E-state index contributed by atoms with van der Waals surface area (Å²) in [6, 6.07) is 15.5. The third-order valence-electron chi connectivity index (χ3n) is 2.49. The SMILES string of the molecule is Nc1ccccc1Oc1nc2ccccc2[nH]1. The highest BCUT2D eigenvalue weighted by Gasteiger charge is 2.05. The molecule has 0 amide bonds. The summed E-state index contributed by atoms with van der Waals surface area (Å²) in [6.07, 6.45) is 0. The van der Waals surface area contributed by atoms with E-state index in [4.69, 9.17) is 10.5 Å². The Labute approximate surface area is 98.1 Å². The first kappa shape index (κ1) is 9.72. The van der Waals surface area contributed by atoms with Crippen LogP contribution in [-0.2, 0) is 0 Å². The molecule has 4 heteroatoms. The first-order chi connectivity index (χ1) is 8.33. The van der Waals surface area contributed by atoms with Crippen LogP contribution in [0.5, 0.6) is 11.8 Å². The molecule has 3 N–H and O–H groups in total. The molecule has 0 saturated heterocycles. The predicted octanol–water partition coefficient (Wildman–Crippen LogP) is 2.94. The fraction of sp³-hybridized carbons (Fsp3) is 0. The summed E-state index contributed by atoms with van der Waals surface area (Å²) >= 11 is 0. The zero-order valence-corrected chi connectivity index (χ0v) is 9.05. The Hall–Kier alpha value is -2.49. The summed E-state index contributed by atoms with van der Waals surface area (Å²) in [7, 11) is 0. The van der Waals surface area contributed by atoms with Gasteiger partial charge in [0.25, 0.3) is 6.01 Å². The molecule has 3 rings (SSSR count). The van der Waals surface area contributed by atoms with Crippen LogP contribution >= 0.6 is 0 Å². The Morgan fingerprint density at radius 3 is 2.59 bits per heavy atom. The van der Waals surface area contributed by atoms with Crippen molar-refractivity contribution in [2.45, 2.75) is 0 Å². The van der Waals surface area contributed by atoms with Gasteiger partial charge in [0, 0.05) is 0 Å². The number of para-hydroxylation sites is 4. The van der Waals surface area contributed by atoms with Crippen LogP contribution in [-0.4, -0.2) is 9.97 Å². The van der Waals surface area contributed by atoms with E-state index in [1.54, 1.807) is 6.07 Å². The van der Waals surface area contributed by atoms with Gasteiger partial charge in [-0.05, 0) is 24.3 Å². The molecular formula is C13H11N3O. The van der Waals surface area contributed by atoms with Gasteiger partial charge in [-0.25, -0.2) is 0 Å². The van der Waals surface area contributed by atoms with E-state index in [2.05, 4.69) is 9.97 Å². The van der Waals surface area contributed by atoms with Gasteiger partial charge in [-0.2, -0.15) is 4.98 Å². The number of nitrogens with two attached hydrogens (primary N) is 1.